The number of urea groups is 1. The lowest BCUT2D eigenvalue weighted by Crippen LogP contribution is -2.36. The third-order valence-corrected chi connectivity index (χ3v) is 4.56. The van der Waals surface area contributed by atoms with E-state index in [-0.39, 0.29) is 5.82 Å². The lowest BCUT2D eigenvalue weighted by atomic mass is 10.1. The molecule has 0 saturated carbocycles. The number of nitrogens with one attached hydrogen (secondary N) is 2. The van der Waals surface area contributed by atoms with E-state index in [0.29, 0.717) is 16.9 Å². The van der Waals surface area contributed by atoms with Gasteiger partial charge in [-0.1, -0.05) is 24.3 Å². The minimum atomic E-state index is -4.48. The Hall–Kier alpha value is -3.88. The molecule has 0 spiro atoms. The van der Waals surface area contributed by atoms with Crippen molar-refractivity contribution in [1.82, 2.24) is 14.9 Å². The molecular weight excluding hydrogens is 412 g/mol. The van der Waals surface area contributed by atoms with E-state index in [0.717, 1.165) is 16.6 Å². The Kier molecular flexibility index (Phi) is 5.33. The molecule has 3 aromatic carbocycles. The molecule has 0 radical (unpaired) electrons. The van der Waals surface area contributed by atoms with E-state index in [2.05, 4.69) is 10.3 Å². The van der Waals surface area contributed by atoms with Crippen LogP contribution in [0, 0.1) is 5.82 Å². The van der Waals surface area contributed by atoms with Crippen molar-refractivity contribution >= 4 is 22.8 Å². The maximum absolute atomic E-state index is 13.2. The van der Waals surface area contributed by atoms with E-state index in [4.69, 9.17) is 0 Å². The molecule has 0 saturated heterocycles. The Labute approximate surface area is 174 Å². The molecule has 4 rings (SSSR count). The molecule has 0 fully saturated rings. The van der Waals surface area contributed by atoms with Gasteiger partial charge >= 0.3 is 12.2 Å². The van der Waals surface area contributed by atoms with E-state index in [1.165, 1.54) is 12.1 Å². The van der Waals surface area contributed by atoms with Gasteiger partial charge in [-0.05, 0) is 53.6 Å². The van der Waals surface area contributed by atoms with Crippen LogP contribution in [-0.4, -0.2) is 28.3 Å². The summed E-state index contributed by atoms with van der Waals surface area (Å²) in [7, 11) is 0. The molecule has 2 N–H and O–H groups in total. The number of amides is 2. The number of halogens is 4. The van der Waals surface area contributed by atoms with Crippen LogP contribution in [0.15, 0.2) is 73.1 Å². The van der Waals surface area contributed by atoms with Gasteiger partial charge in [0.15, 0.2) is 0 Å². The Bertz CT molecular complexity index is 1230. The highest BCUT2D eigenvalue weighted by Crippen LogP contribution is 2.26. The zero-order valence-corrected chi connectivity index (χ0v) is 15.9. The van der Waals surface area contributed by atoms with E-state index in [1.807, 2.05) is 18.2 Å². The first kappa shape index (κ1) is 20.4. The minimum absolute atomic E-state index is 0.310. The molecule has 4 aromatic rings. The standard InChI is InChI=1S/C22H16F4N4O/c23-16-7-4-14(5-8-16)15-6-9-20-19(10-15)28-13-30(20)18-3-1-2-17(11-18)29-21(31)27-12-22(24,25)26/h1-11,13H,12H2,(H2,27,29,31). The smallest absolute Gasteiger partial charge is 0.329 e. The largest absolute Gasteiger partial charge is 0.405 e. The van der Waals surface area contributed by atoms with Gasteiger partial charge in [-0.25, -0.2) is 14.2 Å². The Morgan fingerprint density at radius 3 is 2.45 bits per heavy atom. The highest BCUT2D eigenvalue weighted by Gasteiger charge is 2.27. The molecule has 0 bridgehead atoms. The van der Waals surface area contributed by atoms with Gasteiger partial charge in [0.2, 0.25) is 0 Å². The summed E-state index contributed by atoms with van der Waals surface area (Å²) in [5.74, 6) is -0.310. The third kappa shape index (κ3) is 4.82. The summed E-state index contributed by atoms with van der Waals surface area (Å²) in [5, 5.41) is 4.15. The Morgan fingerprint density at radius 2 is 1.71 bits per heavy atom. The number of fused-ring (bicyclic) bond motifs is 1. The van der Waals surface area contributed by atoms with Crippen molar-refractivity contribution in [3.63, 3.8) is 0 Å². The monoisotopic (exact) mass is 428 g/mol. The highest BCUT2D eigenvalue weighted by atomic mass is 19.4. The second kappa shape index (κ2) is 8.10. The Morgan fingerprint density at radius 1 is 0.968 bits per heavy atom. The fourth-order valence-corrected chi connectivity index (χ4v) is 3.13. The van der Waals surface area contributed by atoms with E-state index in [9.17, 15) is 22.4 Å². The van der Waals surface area contributed by atoms with Crippen molar-refractivity contribution in [2.75, 3.05) is 11.9 Å². The number of imidazole rings is 1. The van der Waals surface area contributed by atoms with Crippen LogP contribution >= 0.6 is 0 Å². The van der Waals surface area contributed by atoms with Crippen LogP contribution in [0.1, 0.15) is 0 Å². The van der Waals surface area contributed by atoms with Crippen LogP contribution in [0.5, 0.6) is 0 Å². The van der Waals surface area contributed by atoms with Gasteiger partial charge in [0.1, 0.15) is 18.7 Å². The van der Waals surface area contributed by atoms with Gasteiger partial charge in [-0.2, -0.15) is 13.2 Å². The van der Waals surface area contributed by atoms with Crippen molar-refractivity contribution in [1.29, 1.82) is 0 Å². The first-order valence-corrected chi connectivity index (χ1v) is 9.24. The summed E-state index contributed by atoms with van der Waals surface area (Å²) in [6, 6.07) is 17.5. The van der Waals surface area contributed by atoms with Gasteiger partial charge in [0.25, 0.3) is 0 Å². The van der Waals surface area contributed by atoms with E-state index >= 15 is 0 Å². The number of hydrogen-bond donors (Lipinski definition) is 2. The SMILES string of the molecule is O=C(NCC(F)(F)F)Nc1cccc(-n2cnc3cc(-c4ccc(F)cc4)ccc32)c1. The molecule has 1 heterocycles. The summed E-state index contributed by atoms with van der Waals surface area (Å²) in [5.41, 5.74) is 4.25. The van der Waals surface area contributed by atoms with Crippen LogP contribution in [0.3, 0.4) is 0 Å². The number of aromatic nitrogens is 2. The van der Waals surface area contributed by atoms with Crippen molar-refractivity contribution < 1.29 is 22.4 Å². The van der Waals surface area contributed by atoms with Gasteiger partial charge < -0.3 is 10.6 Å². The summed E-state index contributed by atoms with van der Waals surface area (Å²) in [6.45, 7) is -1.42. The number of carbonyl (C=O) groups is 1. The predicted octanol–water partition coefficient (Wildman–Crippen LogP) is 5.52. The minimum Gasteiger partial charge on any atom is -0.329 e. The number of alkyl halides is 3. The van der Waals surface area contributed by atoms with Gasteiger partial charge in [-0.3, -0.25) is 4.57 Å². The average molecular weight is 428 g/mol. The average Bonchev–Trinajstić information content (AvgIpc) is 3.16. The maximum atomic E-state index is 13.2. The molecule has 0 aliphatic carbocycles. The Balaban J connectivity index is 1.57. The van der Waals surface area contributed by atoms with Gasteiger partial charge in [-0.15, -0.1) is 0 Å². The van der Waals surface area contributed by atoms with Crippen LogP contribution in [0.2, 0.25) is 0 Å². The van der Waals surface area contributed by atoms with Crippen LogP contribution in [0.4, 0.5) is 28.0 Å². The summed E-state index contributed by atoms with van der Waals surface area (Å²) in [6.07, 6.45) is -2.87. The number of rotatable bonds is 4. The topological polar surface area (TPSA) is 59.0 Å². The number of anilines is 1. The summed E-state index contributed by atoms with van der Waals surface area (Å²) >= 11 is 0. The second-order valence-corrected chi connectivity index (χ2v) is 6.80. The summed E-state index contributed by atoms with van der Waals surface area (Å²) in [4.78, 5) is 16.1. The van der Waals surface area contributed by atoms with Gasteiger partial charge in [0.05, 0.1) is 11.0 Å². The van der Waals surface area contributed by atoms with Crippen LogP contribution in [0.25, 0.3) is 27.8 Å². The molecule has 31 heavy (non-hydrogen) atoms. The van der Waals surface area contributed by atoms with Crippen LogP contribution in [-0.2, 0) is 0 Å². The maximum Gasteiger partial charge on any atom is 0.405 e. The normalized spacial score (nSPS) is 11.5. The van der Waals surface area contributed by atoms with Crippen molar-refractivity contribution in [3.05, 3.63) is 78.9 Å². The number of carbonyl (C=O) groups excluding carboxylic acids is 1. The van der Waals surface area contributed by atoms with Crippen molar-refractivity contribution in [3.8, 4) is 16.8 Å². The molecule has 0 unspecified atom stereocenters. The number of hydrogen-bond acceptors (Lipinski definition) is 2. The second-order valence-electron chi connectivity index (χ2n) is 6.80. The fourth-order valence-electron chi connectivity index (χ4n) is 3.13. The molecule has 158 valence electrons. The van der Waals surface area contributed by atoms with Crippen molar-refractivity contribution in [2.45, 2.75) is 6.18 Å². The molecule has 0 atom stereocenters. The fraction of sp³-hybridized carbons (Fsp3) is 0.0909. The number of benzene rings is 3. The zero-order chi connectivity index (χ0) is 22.0. The number of nitrogens with zero attached hydrogens (tertiary/aromatic N) is 2. The third-order valence-electron chi connectivity index (χ3n) is 4.56. The molecule has 2 amide bonds. The van der Waals surface area contributed by atoms with E-state index < -0.39 is 18.8 Å². The lowest BCUT2D eigenvalue weighted by molar-refractivity contribution is -0.122. The molecule has 1 aromatic heterocycles. The molecule has 0 aliphatic heterocycles. The molecule has 5 nitrogen and oxygen atoms in total. The van der Waals surface area contributed by atoms with E-state index in [1.54, 1.807) is 52.6 Å². The highest BCUT2D eigenvalue weighted by molar-refractivity contribution is 5.90. The molecule has 9 heteroatoms. The van der Waals surface area contributed by atoms with Gasteiger partial charge in [0, 0.05) is 11.4 Å². The predicted molar refractivity (Wildman–Crippen MR) is 110 cm³/mol. The zero-order valence-electron chi connectivity index (χ0n) is 15.9. The quantitative estimate of drug-likeness (QED) is 0.421. The molecular formula is C22H16F4N4O. The first-order valence-electron chi connectivity index (χ1n) is 9.24. The lowest BCUT2D eigenvalue weighted by Gasteiger charge is -2.11. The summed E-state index contributed by atoms with van der Waals surface area (Å²) < 4.78 is 51.7. The van der Waals surface area contributed by atoms with Crippen LogP contribution < -0.4 is 10.6 Å². The molecule has 0 aliphatic rings. The first-order chi connectivity index (χ1) is 14.8. The van der Waals surface area contributed by atoms with Crippen molar-refractivity contribution in [2.24, 2.45) is 0 Å².